The van der Waals surface area contributed by atoms with Gasteiger partial charge in [-0.2, -0.15) is 5.10 Å². The number of alkyl halides is 1. The molecular weight excluding hydrogens is 286 g/mol. The molecule has 5 nitrogen and oxygen atoms in total. The second-order valence-corrected chi connectivity index (χ2v) is 5.57. The van der Waals surface area contributed by atoms with Gasteiger partial charge in [-0.25, -0.2) is 9.97 Å². The van der Waals surface area contributed by atoms with E-state index in [1.54, 1.807) is 0 Å². The van der Waals surface area contributed by atoms with Gasteiger partial charge in [0.25, 0.3) is 0 Å². The SMILES string of the molecule is Cc1cnn(CCn2c(CCCl)nc3ccc(C)nc32)c1. The minimum atomic E-state index is 0.559. The Kier molecular flexibility index (Phi) is 3.92. The minimum absolute atomic E-state index is 0.559. The number of aryl methyl sites for hydroxylation is 5. The van der Waals surface area contributed by atoms with Gasteiger partial charge in [0.2, 0.25) is 0 Å². The monoisotopic (exact) mass is 303 g/mol. The molecule has 3 aromatic rings. The molecule has 0 aliphatic heterocycles. The van der Waals surface area contributed by atoms with E-state index in [0.29, 0.717) is 5.88 Å². The number of aromatic nitrogens is 5. The topological polar surface area (TPSA) is 48.5 Å². The van der Waals surface area contributed by atoms with Crippen LogP contribution in [0.15, 0.2) is 24.5 Å². The first-order valence-electron chi connectivity index (χ1n) is 7.05. The molecular formula is C15H18ClN5. The molecule has 21 heavy (non-hydrogen) atoms. The summed E-state index contributed by atoms with van der Waals surface area (Å²) in [5.74, 6) is 1.55. The number of halogens is 1. The summed E-state index contributed by atoms with van der Waals surface area (Å²) in [6, 6.07) is 4.00. The molecule has 0 aliphatic rings. The molecule has 0 unspecified atom stereocenters. The second kappa shape index (κ2) is 5.85. The van der Waals surface area contributed by atoms with E-state index < -0.39 is 0 Å². The van der Waals surface area contributed by atoms with Crippen molar-refractivity contribution in [1.29, 1.82) is 0 Å². The highest BCUT2D eigenvalue weighted by Gasteiger charge is 2.12. The maximum absolute atomic E-state index is 5.90. The van der Waals surface area contributed by atoms with Gasteiger partial charge in [-0.1, -0.05) is 0 Å². The minimum Gasteiger partial charge on any atom is -0.311 e. The lowest BCUT2D eigenvalue weighted by molar-refractivity contribution is 0.527. The summed E-state index contributed by atoms with van der Waals surface area (Å²) >= 11 is 5.90. The number of rotatable bonds is 5. The normalized spacial score (nSPS) is 11.4. The Bertz CT molecular complexity index is 759. The zero-order chi connectivity index (χ0) is 14.8. The summed E-state index contributed by atoms with van der Waals surface area (Å²) in [7, 11) is 0. The highest BCUT2D eigenvalue weighted by atomic mass is 35.5. The second-order valence-electron chi connectivity index (χ2n) is 5.19. The van der Waals surface area contributed by atoms with Crippen LogP contribution in [0.2, 0.25) is 0 Å². The molecule has 6 heteroatoms. The number of imidazole rings is 1. The van der Waals surface area contributed by atoms with Gasteiger partial charge in [0.05, 0.1) is 12.7 Å². The zero-order valence-corrected chi connectivity index (χ0v) is 13.0. The number of hydrogen-bond acceptors (Lipinski definition) is 3. The van der Waals surface area contributed by atoms with Crippen LogP contribution in [0.1, 0.15) is 17.1 Å². The Hall–Kier alpha value is -1.88. The average Bonchev–Trinajstić information content (AvgIpc) is 3.01. The summed E-state index contributed by atoms with van der Waals surface area (Å²) in [6.07, 6.45) is 4.65. The van der Waals surface area contributed by atoms with Crippen LogP contribution in [0.3, 0.4) is 0 Å². The number of pyridine rings is 1. The molecule has 3 rings (SSSR count). The number of hydrogen-bond donors (Lipinski definition) is 0. The van der Waals surface area contributed by atoms with Gasteiger partial charge in [-0.15, -0.1) is 11.6 Å². The predicted molar refractivity (Wildman–Crippen MR) is 83.7 cm³/mol. The molecule has 0 atom stereocenters. The van der Waals surface area contributed by atoms with Gasteiger partial charge < -0.3 is 4.57 Å². The molecule has 0 bridgehead atoms. The van der Waals surface area contributed by atoms with Crippen molar-refractivity contribution in [1.82, 2.24) is 24.3 Å². The molecule has 110 valence electrons. The first-order valence-corrected chi connectivity index (χ1v) is 7.58. The highest BCUT2D eigenvalue weighted by Crippen LogP contribution is 2.16. The average molecular weight is 304 g/mol. The maximum Gasteiger partial charge on any atom is 0.160 e. The smallest absolute Gasteiger partial charge is 0.160 e. The summed E-state index contributed by atoms with van der Waals surface area (Å²) in [5, 5.41) is 4.32. The first kappa shape index (κ1) is 14.1. The van der Waals surface area contributed by atoms with Crippen LogP contribution in [-0.2, 0) is 19.5 Å². The van der Waals surface area contributed by atoms with Crippen LogP contribution in [0.4, 0.5) is 0 Å². The van der Waals surface area contributed by atoms with Crippen LogP contribution >= 0.6 is 11.6 Å². The molecule has 0 saturated heterocycles. The lowest BCUT2D eigenvalue weighted by Crippen LogP contribution is -2.11. The molecule has 3 aromatic heterocycles. The Labute approximate surface area is 128 Å². The van der Waals surface area contributed by atoms with Gasteiger partial charge in [0, 0.05) is 30.7 Å². The Morgan fingerprint density at radius 3 is 2.71 bits per heavy atom. The van der Waals surface area contributed by atoms with E-state index in [-0.39, 0.29) is 0 Å². The van der Waals surface area contributed by atoms with Crippen LogP contribution in [-0.4, -0.2) is 30.2 Å². The summed E-state index contributed by atoms with van der Waals surface area (Å²) in [6.45, 7) is 5.62. The van der Waals surface area contributed by atoms with E-state index in [1.807, 2.05) is 43.1 Å². The van der Waals surface area contributed by atoms with Crippen molar-refractivity contribution in [3.05, 3.63) is 41.6 Å². The molecule has 0 fully saturated rings. The lowest BCUT2D eigenvalue weighted by Gasteiger charge is -2.08. The summed E-state index contributed by atoms with van der Waals surface area (Å²) in [4.78, 5) is 9.27. The predicted octanol–water partition coefficient (Wildman–Crippen LogP) is 2.73. The maximum atomic E-state index is 5.90. The molecule has 0 radical (unpaired) electrons. The molecule has 0 amide bonds. The third-order valence-electron chi connectivity index (χ3n) is 3.44. The Morgan fingerprint density at radius 1 is 1.14 bits per heavy atom. The number of fused-ring (bicyclic) bond motifs is 1. The van der Waals surface area contributed by atoms with E-state index >= 15 is 0 Å². The molecule has 0 spiro atoms. The van der Waals surface area contributed by atoms with Crippen LogP contribution in [0.25, 0.3) is 11.2 Å². The Balaban J connectivity index is 1.94. The van der Waals surface area contributed by atoms with Crippen molar-refractivity contribution in [2.45, 2.75) is 33.4 Å². The third-order valence-corrected chi connectivity index (χ3v) is 3.63. The van der Waals surface area contributed by atoms with Crippen LogP contribution < -0.4 is 0 Å². The fourth-order valence-corrected chi connectivity index (χ4v) is 2.61. The lowest BCUT2D eigenvalue weighted by atomic mass is 10.3. The van der Waals surface area contributed by atoms with Gasteiger partial charge in [-0.05, 0) is 31.5 Å². The highest BCUT2D eigenvalue weighted by molar-refractivity contribution is 6.17. The van der Waals surface area contributed by atoms with Gasteiger partial charge in [0.1, 0.15) is 11.3 Å². The zero-order valence-electron chi connectivity index (χ0n) is 12.3. The third kappa shape index (κ3) is 2.93. The van der Waals surface area contributed by atoms with E-state index in [2.05, 4.69) is 19.6 Å². The summed E-state index contributed by atoms with van der Waals surface area (Å²) < 4.78 is 4.10. The standard InChI is InChI=1S/C15H18ClN5/c1-11-9-17-20(10-11)7-8-21-14(5-6-16)19-13-4-3-12(2)18-15(13)21/h3-4,9-10H,5-8H2,1-2H3. The summed E-state index contributed by atoms with van der Waals surface area (Å²) in [5.41, 5.74) is 4.02. The van der Waals surface area contributed by atoms with Crippen molar-refractivity contribution in [2.24, 2.45) is 0 Å². The fraction of sp³-hybridized carbons (Fsp3) is 0.400. The van der Waals surface area contributed by atoms with E-state index in [0.717, 1.165) is 42.2 Å². The van der Waals surface area contributed by atoms with Gasteiger partial charge >= 0.3 is 0 Å². The van der Waals surface area contributed by atoms with Crippen molar-refractivity contribution in [3.8, 4) is 0 Å². The molecule has 0 saturated carbocycles. The quantitative estimate of drug-likeness (QED) is 0.681. The van der Waals surface area contributed by atoms with Crippen LogP contribution in [0.5, 0.6) is 0 Å². The molecule has 0 aliphatic carbocycles. The largest absolute Gasteiger partial charge is 0.311 e. The van der Waals surface area contributed by atoms with E-state index in [9.17, 15) is 0 Å². The van der Waals surface area contributed by atoms with Crippen molar-refractivity contribution in [3.63, 3.8) is 0 Å². The number of nitrogens with zero attached hydrogens (tertiary/aromatic N) is 5. The van der Waals surface area contributed by atoms with E-state index in [1.165, 1.54) is 5.56 Å². The molecule has 0 N–H and O–H groups in total. The van der Waals surface area contributed by atoms with Crippen LogP contribution in [0, 0.1) is 13.8 Å². The Morgan fingerprint density at radius 2 is 2.00 bits per heavy atom. The van der Waals surface area contributed by atoms with Gasteiger partial charge in [0.15, 0.2) is 5.65 Å². The fourth-order valence-electron chi connectivity index (χ4n) is 2.45. The van der Waals surface area contributed by atoms with Crippen molar-refractivity contribution in [2.75, 3.05) is 5.88 Å². The first-order chi connectivity index (χ1) is 10.2. The van der Waals surface area contributed by atoms with Gasteiger partial charge in [-0.3, -0.25) is 4.68 Å². The van der Waals surface area contributed by atoms with Crippen molar-refractivity contribution < 1.29 is 0 Å². The van der Waals surface area contributed by atoms with Crippen molar-refractivity contribution >= 4 is 22.8 Å². The van der Waals surface area contributed by atoms with E-state index in [4.69, 9.17) is 11.6 Å². The molecule has 3 heterocycles. The molecule has 0 aromatic carbocycles.